The molecule has 1 aliphatic heterocycles. The summed E-state index contributed by atoms with van der Waals surface area (Å²) in [5.41, 5.74) is 2.54. The van der Waals surface area contributed by atoms with E-state index in [4.69, 9.17) is 32.7 Å². The second-order valence-corrected chi connectivity index (χ2v) is 13.0. The molecule has 9 nitrogen and oxygen atoms in total. The molecule has 0 aromatic heterocycles. The van der Waals surface area contributed by atoms with Crippen LogP contribution in [0.3, 0.4) is 0 Å². The molecular formula is C31H47Cl2N3O6S. The average Bonchev–Trinajstić information content (AvgIpc) is 2.95. The number of nitrogens with one attached hydrogen (secondary N) is 2. The zero-order valence-corrected chi connectivity index (χ0v) is 28.3. The van der Waals surface area contributed by atoms with E-state index in [0.717, 1.165) is 36.0 Å². The van der Waals surface area contributed by atoms with Gasteiger partial charge in [-0.3, -0.25) is 4.79 Å². The molecule has 1 aliphatic rings. The van der Waals surface area contributed by atoms with E-state index in [-0.39, 0.29) is 29.7 Å². The van der Waals surface area contributed by atoms with Crippen molar-refractivity contribution in [3.8, 4) is 0 Å². The van der Waals surface area contributed by atoms with Crippen LogP contribution >= 0.6 is 23.2 Å². The minimum atomic E-state index is -3.49. The van der Waals surface area contributed by atoms with Crippen molar-refractivity contribution in [2.24, 2.45) is 5.92 Å². The normalized spacial score (nSPS) is 13.5. The number of carbonyl (C=O) groups is 2. The molecule has 242 valence electrons. The van der Waals surface area contributed by atoms with Gasteiger partial charge in [-0.05, 0) is 68.6 Å². The number of likely N-dealkylation sites (N-methyl/N-ethyl adjacent to an activating group) is 1. The number of hydrogen-bond donors (Lipinski definition) is 2. The van der Waals surface area contributed by atoms with Gasteiger partial charge in [-0.25, -0.2) is 13.1 Å². The minimum absolute atomic E-state index is 0.0462. The van der Waals surface area contributed by atoms with Gasteiger partial charge in [0.05, 0.1) is 31.3 Å². The molecule has 2 aromatic rings. The highest BCUT2D eigenvalue weighted by atomic mass is 35.5. The molecule has 1 amide bonds. The van der Waals surface area contributed by atoms with E-state index in [9.17, 15) is 18.0 Å². The molecule has 0 bridgehead atoms. The molecule has 12 heteroatoms. The Labute approximate surface area is 267 Å². The SMILES string of the molecule is CC(C)=O.CCC(C)CC(=O)NCCOCCOCCNS(=O)(=O)c1ccccc1.CN1CCc2cc(Cl)cc(Cl)c2C1. The number of fused-ring (bicyclic) bond motifs is 1. The van der Waals surface area contributed by atoms with E-state index in [1.165, 1.54) is 25.0 Å². The first-order valence-corrected chi connectivity index (χ1v) is 16.7. The van der Waals surface area contributed by atoms with Crippen molar-refractivity contribution >= 4 is 44.9 Å². The monoisotopic (exact) mass is 659 g/mol. The van der Waals surface area contributed by atoms with E-state index < -0.39 is 10.0 Å². The van der Waals surface area contributed by atoms with Gasteiger partial charge in [0.15, 0.2) is 0 Å². The average molecular weight is 661 g/mol. The quantitative estimate of drug-likeness (QED) is 0.270. The van der Waals surface area contributed by atoms with Crippen LogP contribution in [0.1, 0.15) is 51.7 Å². The molecule has 1 unspecified atom stereocenters. The smallest absolute Gasteiger partial charge is 0.240 e. The van der Waals surface area contributed by atoms with Crippen LogP contribution in [0.5, 0.6) is 0 Å². The topological polar surface area (TPSA) is 114 Å². The summed E-state index contributed by atoms with van der Waals surface area (Å²) in [7, 11) is -1.38. The number of ketones is 1. The molecule has 0 fully saturated rings. The van der Waals surface area contributed by atoms with Crippen molar-refractivity contribution < 1.29 is 27.5 Å². The number of halogens is 2. The number of rotatable bonds is 14. The molecule has 2 N–H and O–H groups in total. The van der Waals surface area contributed by atoms with Crippen molar-refractivity contribution in [2.75, 3.05) is 53.1 Å². The predicted molar refractivity (Wildman–Crippen MR) is 173 cm³/mol. The Morgan fingerprint density at radius 3 is 2.21 bits per heavy atom. The van der Waals surface area contributed by atoms with E-state index in [1.807, 2.05) is 19.1 Å². The van der Waals surface area contributed by atoms with Gasteiger partial charge in [-0.15, -0.1) is 0 Å². The summed E-state index contributed by atoms with van der Waals surface area (Å²) < 4.78 is 37.1. The Bertz CT molecular complexity index is 1210. The van der Waals surface area contributed by atoms with Crippen molar-refractivity contribution in [3.63, 3.8) is 0 Å². The summed E-state index contributed by atoms with van der Waals surface area (Å²) in [5, 5.41) is 4.35. The summed E-state index contributed by atoms with van der Waals surface area (Å²) in [5.74, 6) is 0.605. The van der Waals surface area contributed by atoms with Crippen LogP contribution in [-0.2, 0) is 42.1 Å². The molecule has 0 saturated heterocycles. The zero-order chi connectivity index (χ0) is 32.3. The molecule has 1 heterocycles. The van der Waals surface area contributed by atoms with Crippen LogP contribution < -0.4 is 10.0 Å². The van der Waals surface area contributed by atoms with Crippen LogP contribution in [0.2, 0.25) is 10.0 Å². The van der Waals surface area contributed by atoms with Crippen LogP contribution in [0.4, 0.5) is 0 Å². The van der Waals surface area contributed by atoms with Crippen LogP contribution in [0, 0.1) is 5.92 Å². The van der Waals surface area contributed by atoms with Crippen molar-refractivity contribution in [1.82, 2.24) is 14.9 Å². The number of amides is 1. The Morgan fingerprint density at radius 1 is 1.00 bits per heavy atom. The molecule has 0 radical (unpaired) electrons. The predicted octanol–water partition coefficient (Wildman–Crippen LogP) is 5.13. The highest BCUT2D eigenvalue weighted by Gasteiger charge is 2.16. The maximum Gasteiger partial charge on any atom is 0.240 e. The molecule has 43 heavy (non-hydrogen) atoms. The number of sulfonamides is 1. The van der Waals surface area contributed by atoms with E-state index >= 15 is 0 Å². The fraction of sp³-hybridized carbons (Fsp3) is 0.548. The Morgan fingerprint density at radius 2 is 1.60 bits per heavy atom. The van der Waals surface area contributed by atoms with Gasteiger partial charge in [0.1, 0.15) is 5.78 Å². The number of ether oxygens (including phenoxy) is 2. The van der Waals surface area contributed by atoms with Crippen molar-refractivity contribution in [3.05, 3.63) is 63.6 Å². The van der Waals surface area contributed by atoms with Crippen LogP contribution in [0.25, 0.3) is 0 Å². The Kier molecular flexibility index (Phi) is 19.6. The summed E-state index contributed by atoms with van der Waals surface area (Å²) in [4.78, 5) is 23.5. The summed E-state index contributed by atoms with van der Waals surface area (Å²) in [6, 6.07) is 12.0. The number of nitrogens with zero attached hydrogens (tertiary/aromatic N) is 1. The fourth-order valence-corrected chi connectivity index (χ4v) is 5.40. The van der Waals surface area contributed by atoms with Gasteiger partial charge in [-0.2, -0.15) is 0 Å². The highest BCUT2D eigenvalue weighted by Crippen LogP contribution is 2.29. The first-order valence-electron chi connectivity index (χ1n) is 14.4. The first kappa shape index (κ1) is 39.0. The van der Waals surface area contributed by atoms with Crippen molar-refractivity contribution in [1.29, 1.82) is 0 Å². The third kappa shape index (κ3) is 17.7. The molecule has 0 aliphatic carbocycles. The molecule has 0 spiro atoms. The molecule has 0 saturated carbocycles. The maximum absolute atomic E-state index is 12.0. The number of carbonyl (C=O) groups excluding carboxylic acids is 2. The van der Waals surface area contributed by atoms with Gasteiger partial charge in [0.25, 0.3) is 0 Å². The lowest BCUT2D eigenvalue weighted by Gasteiger charge is -2.25. The summed E-state index contributed by atoms with van der Waals surface area (Å²) >= 11 is 12.0. The molecule has 1 atom stereocenters. The highest BCUT2D eigenvalue weighted by molar-refractivity contribution is 7.89. The maximum atomic E-state index is 12.0. The van der Waals surface area contributed by atoms with Gasteiger partial charge in [-0.1, -0.05) is 61.7 Å². The van der Waals surface area contributed by atoms with Gasteiger partial charge < -0.3 is 24.5 Å². The molecular weight excluding hydrogens is 613 g/mol. The largest absolute Gasteiger partial charge is 0.378 e. The van der Waals surface area contributed by atoms with Crippen LogP contribution in [0.15, 0.2) is 47.4 Å². The van der Waals surface area contributed by atoms with E-state index in [0.29, 0.717) is 38.7 Å². The first-order chi connectivity index (χ1) is 20.4. The summed E-state index contributed by atoms with van der Waals surface area (Å²) in [6.45, 7) is 11.3. The number of benzene rings is 2. The lowest BCUT2D eigenvalue weighted by Crippen LogP contribution is -2.29. The van der Waals surface area contributed by atoms with Gasteiger partial charge >= 0.3 is 0 Å². The van der Waals surface area contributed by atoms with Crippen LogP contribution in [-0.4, -0.2) is 78.1 Å². The Hall–Kier alpha value is -2.05. The second kappa shape index (κ2) is 21.6. The standard InChI is InChI=1S/C18H30N2O5S.C10H11Cl2N.C3H6O/c1-3-16(2)15-18(21)19-9-11-24-13-14-25-12-10-20-26(22,23)17-7-5-4-6-8-17;1-13-3-2-7-4-8(11)5-10(12)9(7)6-13;1-3(2)4/h4-8,16,20H,3,9-15H2,1-2H3,(H,19,21);4-5H,2-3,6H2,1H3;1-2H3. The minimum Gasteiger partial charge on any atom is -0.378 e. The van der Waals surface area contributed by atoms with Crippen molar-refractivity contribution in [2.45, 2.75) is 58.4 Å². The molecule has 3 rings (SSSR count). The van der Waals surface area contributed by atoms with E-state index in [2.05, 4.69) is 28.9 Å². The van der Waals surface area contributed by atoms with Gasteiger partial charge in [0.2, 0.25) is 15.9 Å². The van der Waals surface area contributed by atoms with E-state index in [1.54, 1.807) is 30.3 Å². The Balaban J connectivity index is 0.000000446. The zero-order valence-electron chi connectivity index (χ0n) is 26.0. The van der Waals surface area contributed by atoms with Gasteiger partial charge in [0, 0.05) is 42.6 Å². The fourth-order valence-electron chi connectivity index (χ4n) is 3.77. The number of hydrogen-bond acceptors (Lipinski definition) is 7. The third-order valence-electron chi connectivity index (χ3n) is 6.21. The molecule has 2 aromatic carbocycles. The lowest BCUT2D eigenvalue weighted by atomic mass is 10.0. The number of Topliss-reactive ketones (excluding diaryl/α,β-unsaturated/α-hetero) is 1. The lowest BCUT2D eigenvalue weighted by molar-refractivity contribution is -0.122. The third-order valence-corrected chi connectivity index (χ3v) is 8.24. The summed E-state index contributed by atoms with van der Waals surface area (Å²) in [6.07, 6.45) is 2.58. The second-order valence-electron chi connectivity index (χ2n) is 10.4.